The first kappa shape index (κ1) is 27.2. The number of fused-ring (bicyclic) bond motifs is 7. The number of carbonyl (C=O) groups excluding carboxylic acids is 1. The molecular formula is C33H51NO3. The molecule has 4 nitrogen and oxygen atoms in total. The number of nitriles is 1. The summed E-state index contributed by atoms with van der Waals surface area (Å²) >= 11 is 0. The van der Waals surface area contributed by atoms with Gasteiger partial charge >= 0.3 is 0 Å². The van der Waals surface area contributed by atoms with Gasteiger partial charge in [0, 0.05) is 23.9 Å². The van der Waals surface area contributed by atoms with Crippen LogP contribution in [0.15, 0.2) is 11.3 Å². The van der Waals surface area contributed by atoms with E-state index < -0.39 is 10.8 Å². The highest BCUT2D eigenvalue weighted by molar-refractivity contribution is 5.88. The van der Waals surface area contributed by atoms with Crippen molar-refractivity contribution >= 4 is 5.78 Å². The van der Waals surface area contributed by atoms with Gasteiger partial charge in [-0.05, 0) is 103 Å². The van der Waals surface area contributed by atoms with Crippen LogP contribution in [0.5, 0.6) is 0 Å². The minimum absolute atomic E-state index is 0.0164. The number of aliphatic hydroxyl groups excluding tert-OH is 2. The first-order valence-corrected chi connectivity index (χ1v) is 15.0. The third kappa shape index (κ3) is 3.13. The summed E-state index contributed by atoms with van der Waals surface area (Å²) in [7, 11) is 0. The number of rotatable bonds is 2. The monoisotopic (exact) mass is 509 g/mol. The van der Waals surface area contributed by atoms with Gasteiger partial charge in [-0.1, -0.05) is 55.4 Å². The molecule has 0 amide bonds. The molecule has 5 rings (SSSR count). The fraction of sp³-hybridized carbons (Fsp3) is 0.879. The molecule has 8 atom stereocenters. The van der Waals surface area contributed by atoms with Gasteiger partial charge in [0.15, 0.2) is 0 Å². The standard InChI is InChI=1S/C33H51NO3/c1-27(2)11-13-33(15-16-35)14-12-31(7)30(6)10-9-22-28(3,4)26(37)21(20-34)18-29(22,5)23(30)17-25(36)32(31,8)24(33)19-27/h22-24,35,37H,9-19H2,1-8H3/t22-,23+,24-,29-,30+,31-,32-,33+/m0/s1. The van der Waals surface area contributed by atoms with Crippen LogP contribution in [-0.2, 0) is 4.79 Å². The molecule has 0 aliphatic heterocycles. The Hall–Kier alpha value is -1.34. The Morgan fingerprint density at radius 2 is 1.57 bits per heavy atom. The summed E-state index contributed by atoms with van der Waals surface area (Å²) in [6.07, 6.45) is 9.56. The fourth-order valence-corrected chi connectivity index (χ4v) is 11.9. The normalized spacial score (nSPS) is 50.3. The smallest absolute Gasteiger partial charge is 0.139 e. The average molecular weight is 510 g/mol. The summed E-state index contributed by atoms with van der Waals surface area (Å²) in [6, 6.07) is 2.35. The number of aliphatic hydroxyl groups is 2. The van der Waals surface area contributed by atoms with Crippen molar-refractivity contribution < 1.29 is 15.0 Å². The van der Waals surface area contributed by atoms with Gasteiger partial charge in [0.25, 0.3) is 0 Å². The Morgan fingerprint density at radius 3 is 2.19 bits per heavy atom. The fourth-order valence-electron chi connectivity index (χ4n) is 11.9. The number of nitrogens with zero attached hydrogens (tertiary/aromatic N) is 1. The summed E-state index contributed by atoms with van der Waals surface area (Å²) in [6.45, 7) is 18.8. The molecule has 0 heterocycles. The quantitative estimate of drug-likeness (QED) is 0.398. The van der Waals surface area contributed by atoms with E-state index in [0.29, 0.717) is 30.1 Å². The molecule has 4 heteroatoms. The second-order valence-corrected chi connectivity index (χ2v) is 16.3. The molecule has 4 fully saturated rings. The second kappa shape index (κ2) is 7.87. The Morgan fingerprint density at radius 1 is 0.919 bits per heavy atom. The van der Waals surface area contributed by atoms with Gasteiger partial charge in [-0.25, -0.2) is 0 Å². The lowest BCUT2D eigenvalue weighted by molar-refractivity contribution is -0.262. The topological polar surface area (TPSA) is 81.3 Å². The number of carbonyl (C=O) groups is 1. The Kier molecular flexibility index (Phi) is 5.79. The lowest BCUT2D eigenvalue weighted by Crippen LogP contribution is -2.72. The molecule has 0 spiro atoms. The Balaban J connectivity index is 1.65. The second-order valence-electron chi connectivity index (χ2n) is 16.3. The van der Waals surface area contributed by atoms with Gasteiger partial charge in [0.05, 0.1) is 11.6 Å². The maximum atomic E-state index is 14.8. The zero-order valence-corrected chi connectivity index (χ0v) is 24.8. The molecule has 0 unspecified atom stereocenters. The van der Waals surface area contributed by atoms with E-state index in [0.717, 1.165) is 44.9 Å². The predicted molar refractivity (Wildman–Crippen MR) is 146 cm³/mol. The summed E-state index contributed by atoms with van der Waals surface area (Å²) in [4.78, 5) is 14.8. The van der Waals surface area contributed by atoms with Crippen LogP contribution < -0.4 is 0 Å². The maximum absolute atomic E-state index is 14.8. The number of Topliss-reactive ketones (excluding diaryl/α,β-unsaturated/α-hetero) is 1. The van der Waals surface area contributed by atoms with Crippen molar-refractivity contribution in [1.29, 1.82) is 5.26 Å². The highest BCUT2D eigenvalue weighted by atomic mass is 16.3. The van der Waals surface area contributed by atoms with Crippen LogP contribution >= 0.6 is 0 Å². The van der Waals surface area contributed by atoms with Crippen LogP contribution in [0.3, 0.4) is 0 Å². The lowest BCUT2D eigenvalue weighted by Gasteiger charge is -2.76. The molecule has 37 heavy (non-hydrogen) atoms. The van der Waals surface area contributed by atoms with Crippen molar-refractivity contribution in [2.75, 3.05) is 6.61 Å². The average Bonchev–Trinajstić information content (AvgIpc) is 2.81. The number of allylic oxidation sites excluding steroid dienone is 2. The summed E-state index contributed by atoms with van der Waals surface area (Å²) in [5.41, 5.74) is -0.411. The Labute approximate surface area is 225 Å². The third-order valence-electron chi connectivity index (χ3n) is 14.4. The first-order valence-electron chi connectivity index (χ1n) is 15.0. The molecule has 0 aromatic heterocycles. The molecule has 2 N–H and O–H groups in total. The van der Waals surface area contributed by atoms with Gasteiger partial charge in [-0.15, -0.1) is 0 Å². The van der Waals surface area contributed by atoms with Gasteiger partial charge in [-0.3, -0.25) is 4.79 Å². The molecule has 0 aromatic carbocycles. The molecule has 5 aliphatic rings. The van der Waals surface area contributed by atoms with Crippen LogP contribution in [0.4, 0.5) is 0 Å². The first-order chi connectivity index (χ1) is 17.0. The number of ketones is 1. The van der Waals surface area contributed by atoms with Gasteiger partial charge in [0.1, 0.15) is 11.5 Å². The van der Waals surface area contributed by atoms with E-state index in [1.54, 1.807) is 0 Å². The zero-order valence-electron chi connectivity index (χ0n) is 24.8. The van der Waals surface area contributed by atoms with E-state index in [9.17, 15) is 20.3 Å². The van der Waals surface area contributed by atoms with E-state index in [-0.39, 0.29) is 51.3 Å². The largest absolute Gasteiger partial charge is 0.511 e. The predicted octanol–water partition coefficient (Wildman–Crippen LogP) is 7.77. The van der Waals surface area contributed by atoms with Crippen molar-refractivity contribution in [3.05, 3.63) is 11.3 Å². The maximum Gasteiger partial charge on any atom is 0.139 e. The molecule has 0 bridgehead atoms. The lowest BCUT2D eigenvalue weighted by atomic mass is 9.27. The molecule has 206 valence electrons. The highest BCUT2D eigenvalue weighted by Crippen LogP contribution is 2.80. The molecule has 0 aromatic rings. The molecule has 0 radical (unpaired) electrons. The van der Waals surface area contributed by atoms with E-state index in [1.807, 2.05) is 0 Å². The van der Waals surface area contributed by atoms with E-state index in [4.69, 9.17) is 0 Å². The van der Waals surface area contributed by atoms with Gasteiger partial charge in [-0.2, -0.15) is 5.26 Å². The van der Waals surface area contributed by atoms with Gasteiger partial charge < -0.3 is 10.2 Å². The van der Waals surface area contributed by atoms with Crippen LogP contribution in [0.25, 0.3) is 0 Å². The van der Waals surface area contributed by atoms with Crippen molar-refractivity contribution in [1.82, 2.24) is 0 Å². The van der Waals surface area contributed by atoms with Crippen LogP contribution in [0.2, 0.25) is 0 Å². The zero-order chi connectivity index (χ0) is 27.4. The minimum atomic E-state index is -0.458. The van der Waals surface area contributed by atoms with Crippen molar-refractivity contribution in [2.45, 2.75) is 120 Å². The summed E-state index contributed by atoms with van der Waals surface area (Å²) < 4.78 is 0. The number of hydrogen-bond donors (Lipinski definition) is 2. The number of hydrogen-bond acceptors (Lipinski definition) is 4. The summed E-state index contributed by atoms with van der Waals surface area (Å²) in [5, 5.41) is 31.2. The Bertz CT molecular complexity index is 1080. The van der Waals surface area contributed by atoms with Crippen LogP contribution in [-0.4, -0.2) is 22.6 Å². The molecule has 4 saturated carbocycles. The molecule has 0 saturated heterocycles. The summed E-state index contributed by atoms with van der Waals surface area (Å²) in [5.74, 6) is 1.45. The van der Waals surface area contributed by atoms with Crippen molar-refractivity contribution in [3.8, 4) is 6.07 Å². The highest BCUT2D eigenvalue weighted by Gasteiger charge is 2.76. The van der Waals surface area contributed by atoms with E-state index >= 15 is 0 Å². The van der Waals surface area contributed by atoms with Gasteiger partial charge in [0.2, 0.25) is 0 Å². The van der Waals surface area contributed by atoms with Crippen LogP contribution in [0, 0.1) is 67.0 Å². The van der Waals surface area contributed by atoms with Crippen molar-refractivity contribution in [2.24, 2.45) is 55.7 Å². The minimum Gasteiger partial charge on any atom is -0.511 e. The van der Waals surface area contributed by atoms with Crippen molar-refractivity contribution in [3.63, 3.8) is 0 Å². The molecule has 5 aliphatic carbocycles. The van der Waals surface area contributed by atoms with E-state index in [1.165, 1.54) is 6.42 Å². The molecular weight excluding hydrogens is 458 g/mol. The van der Waals surface area contributed by atoms with E-state index in [2.05, 4.69) is 61.5 Å². The third-order valence-corrected chi connectivity index (χ3v) is 14.4. The van der Waals surface area contributed by atoms with Crippen LogP contribution in [0.1, 0.15) is 120 Å². The SMILES string of the molecule is CC1(C)CC[C@]2(CCO)CC[C@@]3(C)[C@]4(C)CC[C@H]5C(C)(C)C(O)=C(C#N)C[C@]5(C)[C@H]4CC(=O)[C@]3(C)[C@@H]2C1.